The molecule has 0 spiro atoms. The van der Waals surface area contributed by atoms with Crippen LogP contribution in [0.4, 0.5) is 0 Å². The molecule has 1 unspecified atom stereocenters. The molecule has 0 aromatic heterocycles. The topological polar surface area (TPSA) is 107 Å². The molecule has 1 rings (SSSR count). The molecule has 0 fully saturated rings. The number of hydrogen-bond acceptors (Lipinski definition) is 4. The fourth-order valence-corrected chi connectivity index (χ4v) is 3.18. The minimum Gasteiger partial charge on any atom is -0.323 e. The molecule has 1 atom stereocenters. The van der Waals surface area contributed by atoms with E-state index in [1.54, 1.807) is 30.3 Å². The quantitative estimate of drug-likeness (QED) is 0.761. The molecule has 8 heteroatoms. The molecule has 6 nitrogen and oxygen atoms in total. The smallest absolute Gasteiger partial charge is 0.323 e. The zero-order valence-electron chi connectivity index (χ0n) is 7.61. The van der Waals surface area contributed by atoms with Gasteiger partial charge >= 0.3 is 17.9 Å². The van der Waals surface area contributed by atoms with Gasteiger partial charge in [-0.05, 0) is 5.56 Å². The van der Waals surface area contributed by atoms with E-state index in [4.69, 9.17) is 0 Å². The van der Waals surface area contributed by atoms with E-state index in [-0.39, 0.29) is 0 Å². The van der Waals surface area contributed by atoms with Gasteiger partial charge in [-0.3, -0.25) is 4.57 Å². The van der Waals surface area contributed by atoms with Crippen LogP contribution in [-0.2, 0) is 25.0 Å². The van der Waals surface area contributed by atoms with E-state index in [2.05, 4.69) is 9.11 Å². The van der Waals surface area contributed by atoms with E-state index in [1.165, 1.54) is 0 Å². The summed E-state index contributed by atoms with van der Waals surface area (Å²) < 4.78 is 36.1. The molecule has 1 aromatic rings. The van der Waals surface area contributed by atoms with Gasteiger partial charge in [-0.2, -0.15) is 12.4 Å². The Morgan fingerprint density at radius 2 is 1.87 bits per heavy atom. The highest BCUT2D eigenvalue weighted by atomic mass is 32.2. The van der Waals surface area contributed by atoms with E-state index in [0.29, 0.717) is 5.56 Å². The fourth-order valence-electron chi connectivity index (χ4n) is 1.00. The fraction of sp³-hybridized carbons (Fsp3) is 0.143. The molecular formula is C7H10NO5PS. The van der Waals surface area contributed by atoms with Crippen molar-refractivity contribution in [1.29, 1.82) is 0 Å². The third-order valence-electron chi connectivity index (χ3n) is 1.45. The van der Waals surface area contributed by atoms with Gasteiger partial charge in [0.25, 0.3) is 0 Å². The Morgan fingerprint density at radius 3 is 2.33 bits per heavy atom. The molecule has 0 heterocycles. The van der Waals surface area contributed by atoms with Crippen LogP contribution in [0.1, 0.15) is 5.56 Å². The van der Waals surface area contributed by atoms with Crippen LogP contribution in [-0.4, -0.2) is 13.3 Å². The van der Waals surface area contributed by atoms with Crippen molar-refractivity contribution in [2.75, 3.05) is 0 Å². The van der Waals surface area contributed by atoms with Gasteiger partial charge < -0.3 is 4.89 Å². The highest BCUT2D eigenvalue weighted by molar-refractivity contribution is 7.88. The maximum absolute atomic E-state index is 11.3. The molecule has 0 saturated carbocycles. The standard InChI is InChI=1S/C7H10NO5PS/c8-15(11,12)13-14(9,10)6-7-4-2-1-3-5-7/h1-5H,6H2,(H,9,10)(H2,8,11,12). The summed E-state index contributed by atoms with van der Waals surface area (Å²) in [6.45, 7) is 0. The molecule has 0 saturated heterocycles. The van der Waals surface area contributed by atoms with Crippen LogP contribution in [0, 0.1) is 0 Å². The van der Waals surface area contributed by atoms with Crippen molar-refractivity contribution in [3.05, 3.63) is 35.9 Å². The van der Waals surface area contributed by atoms with Gasteiger partial charge in [0.2, 0.25) is 0 Å². The first-order chi connectivity index (χ1) is 6.79. The Hall–Kier alpha value is -0.720. The zero-order chi connectivity index (χ0) is 11.5. The lowest BCUT2D eigenvalue weighted by Gasteiger charge is -2.09. The Morgan fingerprint density at radius 1 is 1.33 bits per heavy atom. The molecule has 15 heavy (non-hydrogen) atoms. The van der Waals surface area contributed by atoms with Gasteiger partial charge in [0, 0.05) is 0 Å². The minimum atomic E-state index is -4.42. The van der Waals surface area contributed by atoms with Gasteiger partial charge in [0.05, 0.1) is 6.16 Å². The predicted molar refractivity (Wildman–Crippen MR) is 54.2 cm³/mol. The van der Waals surface area contributed by atoms with Crippen molar-refractivity contribution in [2.45, 2.75) is 6.16 Å². The molecular weight excluding hydrogens is 241 g/mol. The summed E-state index contributed by atoms with van der Waals surface area (Å²) in [6, 6.07) is 8.20. The van der Waals surface area contributed by atoms with Gasteiger partial charge in [0.1, 0.15) is 0 Å². The van der Waals surface area contributed by atoms with Crippen molar-refractivity contribution in [1.82, 2.24) is 0 Å². The predicted octanol–water partition coefficient (Wildman–Crippen LogP) is 0.592. The SMILES string of the molecule is NS(=O)(=O)OP(=O)(O)Cc1ccccc1. The lowest BCUT2D eigenvalue weighted by atomic mass is 10.2. The lowest BCUT2D eigenvalue weighted by molar-refractivity contribution is 0.376. The van der Waals surface area contributed by atoms with Crippen LogP contribution in [0.25, 0.3) is 0 Å². The summed E-state index contributed by atoms with van der Waals surface area (Å²) in [7, 11) is -8.66. The van der Waals surface area contributed by atoms with Crippen LogP contribution < -0.4 is 5.14 Å². The van der Waals surface area contributed by atoms with E-state index >= 15 is 0 Å². The van der Waals surface area contributed by atoms with Gasteiger partial charge in [0.15, 0.2) is 0 Å². The molecule has 0 aliphatic rings. The van der Waals surface area contributed by atoms with E-state index in [1.807, 2.05) is 0 Å². The summed E-state index contributed by atoms with van der Waals surface area (Å²) in [5.74, 6) is 0. The average Bonchev–Trinajstić information content (AvgIpc) is 1.99. The number of nitrogens with two attached hydrogens (primary N) is 1. The zero-order valence-corrected chi connectivity index (χ0v) is 9.32. The van der Waals surface area contributed by atoms with Crippen molar-refractivity contribution in [3.8, 4) is 0 Å². The third kappa shape index (κ3) is 5.06. The van der Waals surface area contributed by atoms with Crippen LogP contribution >= 0.6 is 7.60 Å². The first-order valence-corrected chi connectivity index (χ1v) is 7.12. The summed E-state index contributed by atoms with van der Waals surface area (Å²) in [5.41, 5.74) is 0.493. The molecule has 0 radical (unpaired) electrons. The Kier molecular flexibility index (Phi) is 3.64. The van der Waals surface area contributed by atoms with Crippen molar-refractivity contribution >= 4 is 17.9 Å². The molecule has 1 aromatic carbocycles. The van der Waals surface area contributed by atoms with Gasteiger partial charge in [-0.15, -0.1) is 0 Å². The first-order valence-electron chi connectivity index (χ1n) is 3.88. The second kappa shape index (κ2) is 4.42. The molecule has 84 valence electrons. The molecule has 3 N–H and O–H groups in total. The van der Waals surface area contributed by atoms with E-state index < -0.39 is 24.1 Å². The van der Waals surface area contributed by atoms with Crippen LogP contribution in [0.5, 0.6) is 0 Å². The molecule has 0 aliphatic heterocycles. The Bertz CT molecular complexity index is 471. The Balaban J connectivity index is 2.78. The average molecular weight is 251 g/mol. The summed E-state index contributed by atoms with van der Waals surface area (Å²) >= 11 is 0. The van der Waals surface area contributed by atoms with Crippen LogP contribution in [0.3, 0.4) is 0 Å². The van der Waals surface area contributed by atoms with Crippen molar-refractivity contribution in [3.63, 3.8) is 0 Å². The van der Waals surface area contributed by atoms with Crippen molar-refractivity contribution in [2.24, 2.45) is 5.14 Å². The second-order valence-corrected chi connectivity index (χ2v) is 6.02. The second-order valence-electron chi connectivity index (χ2n) is 2.85. The van der Waals surface area contributed by atoms with Crippen LogP contribution in [0.2, 0.25) is 0 Å². The lowest BCUT2D eigenvalue weighted by Crippen LogP contribution is -2.14. The highest BCUT2D eigenvalue weighted by Crippen LogP contribution is 2.46. The summed E-state index contributed by atoms with van der Waals surface area (Å²) in [5, 5.41) is 4.49. The first kappa shape index (κ1) is 12.4. The van der Waals surface area contributed by atoms with Crippen LogP contribution in [0.15, 0.2) is 30.3 Å². The monoisotopic (exact) mass is 251 g/mol. The molecule has 0 bridgehead atoms. The molecule has 0 amide bonds. The maximum atomic E-state index is 11.3. The number of rotatable bonds is 4. The van der Waals surface area contributed by atoms with Crippen molar-refractivity contribution < 1.29 is 21.8 Å². The van der Waals surface area contributed by atoms with Gasteiger partial charge in [-0.1, -0.05) is 30.3 Å². The van der Waals surface area contributed by atoms with Gasteiger partial charge in [-0.25, -0.2) is 5.14 Å². The molecule has 0 aliphatic carbocycles. The highest BCUT2D eigenvalue weighted by Gasteiger charge is 2.25. The number of hydrogen-bond donors (Lipinski definition) is 2. The van der Waals surface area contributed by atoms with E-state index in [0.717, 1.165) is 0 Å². The normalized spacial score (nSPS) is 15.9. The summed E-state index contributed by atoms with van der Waals surface area (Å²) in [6.07, 6.45) is -0.399. The maximum Gasteiger partial charge on any atom is 0.348 e. The number of benzene rings is 1. The minimum absolute atomic E-state index is 0.399. The van der Waals surface area contributed by atoms with E-state index in [9.17, 15) is 17.9 Å². The largest absolute Gasteiger partial charge is 0.348 e. The third-order valence-corrected chi connectivity index (χ3v) is 3.97. The summed E-state index contributed by atoms with van der Waals surface area (Å²) in [4.78, 5) is 9.18. The Labute approximate surface area is 87.5 Å².